The molecule has 1 atom stereocenters. The predicted octanol–water partition coefficient (Wildman–Crippen LogP) is 1.87. The lowest BCUT2D eigenvalue weighted by Crippen LogP contribution is -2.52. The summed E-state index contributed by atoms with van der Waals surface area (Å²) in [5, 5.41) is 3.53. The molecule has 2 saturated heterocycles. The van der Waals surface area contributed by atoms with Gasteiger partial charge in [-0.25, -0.2) is 4.79 Å². The molecule has 0 bridgehead atoms. The summed E-state index contributed by atoms with van der Waals surface area (Å²) in [5.41, 5.74) is 0.936. The van der Waals surface area contributed by atoms with Crippen LogP contribution in [0.15, 0.2) is 24.3 Å². The minimum atomic E-state index is -0.359. The van der Waals surface area contributed by atoms with Crippen molar-refractivity contribution in [1.82, 2.24) is 15.1 Å². The summed E-state index contributed by atoms with van der Waals surface area (Å²) in [6.07, 6.45) is 1.58. The number of carbonyl (C=O) groups excluding carboxylic acids is 2. The van der Waals surface area contributed by atoms with E-state index in [-0.39, 0.29) is 18.0 Å². The summed E-state index contributed by atoms with van der Waals surface area (Å²) in [6.45, 7) is 3.36. The fourth-order valence-electron chi connectivity index (χ4n) is 3.19. The molecule has 1 aromatic rings. The molecule has 7 heteroatoms. The van der Waals surface area contributed by atoms with Crippen molar-refractivity contribution in [3.8, 4) is 0 Å². The molecule has 3 amide bonds. The van der Waals surface area contributed by atoms with Crippen LogP contribution in [-0.2, 0) is 16.1 Å². The summed E-state index contributed by atoms with van der Waals surface area (Å²) < 4.78 is 5.29. The Morgan fingerprint density at radius 2 is 2.04 bits per heavy atom. The van der Waals surface area contributed by atoms with E-state index in [1.54, 1.807) is 15.9 Å². The summed E-state index contributed by atoms with van der Waals surface area (Å²) >= 11 is 5.95. The maximum atomic E-state index is 12.7. The first-order chi connectivity index (χ1) is 11.6. The molecule has 6 nitrogen and oxygen atoms in total. The van der Waals surface area contributed by atoms with E-state index < -0.39 is 0 Å². The SMILES string of the molecule is O=C([C@H]1CCCN1C(=O)NCc1cccc(Cl)c1)N1CCOCC1. The zero-order valence-corrected chi connectivity index (χ0v) is 14.3. The number of rotatable bonds is 3. The quantitative estimate of drug-likeness (QED) is 0.904. The number of halogens is 1. The monoisotopic (exact) mass is 351 g/mol. The van der Waals surface area contributed by atoms with Gasteiger partial charge in [0, 0.05) is 31.2 Å². The average Bonchev–Trinajstić information content (AvgIpc) is 3.09. The molecule has 0 unspecified atom stereocenters. The number of ether oxygens (including phenoxy) is 1. The van der Waals surface area contributed by atoms with E-state index in [0.29, 0.717) is 44.4 Å². The average molecular weight is 352 g/mol. The Balaban J connectivity index is 1.57. The Bertz CT molecular complexity index is 604. The lowest BCUT2D eigenvalue weighted by atomic mass is 10.2. The third kappa shape index (κ3) is 3.99. The van der Waals surface area contributed by atoms with E-state index in [1.165, 1.54) is 0 Å². The van der Waals surface area contributed by atoms with E-state index in [9.17, 15) is 9.59 Å². The number of urea groups is 1. The highest BCUT2D eigenvalue weighted by atomic mass is 35.5. The number of amides is 3. The molecule has 0 spiro atoms. The molecular weight excluding hydrogens is 330 g/mol. The van der Waals surface area contributed by atoms with Gasteiger partial charge in [-0.05, 0) is 30.5 Å². The van der Waals surface area contributed by atoms with Crippen molar-refractivity contribution in [2.45, 2.75) is 25.4 Å². The summed E-state index contributed by atoms with van der Waals surface area (Å²) in [6, 6.07) is 6.82. The molecule has 0 saturated carbocycles. The fraction of sp³-hybridized carbons (Fsp3) is 0.529. The molecule has 130 valence electrons. The van der Waals surface area contributed by atoms with E-state index in [4.69, 9.17) is 16.3 Å². The van der Waals surface area contributed by atoms with Crippen LogP contribution in [0.4, 0.5) is 4.79 Å². The maximum absolute atomic E-state index is 12.7. The minimum Gasteiger partial charge on any atom is -0.378 e. The van der Waals surface area contributed by atoms with Gasteiger partial charge < -0.3 is 19.9 Å². The van der Waals surface area contributed by atoms with Crippen molar-refractivity contribution in [3.63, 3.8) is 0 Å². The second-order valence-electron chi connectivity index (χ2n) is 6.08. The summed E-state index contributed by atoms with van der Waals surface area (Å²) in [4.78, 5) is 28.6. The van der Waals surface area contributed by atoms with Gasteiger partial charge in [-0.2, -0.15) is 0 Å². The first-order valence-electron chi connectivity index (χ1n) is 8.30. The van der Waals surface area contributed by atoms with Crippen LogP contribution in [0.25, 0.3) is 0 Å². The van der Waals surface area contributed by atoms with Crippen LogP contribution >= 0.6 is 11.6 Å². The van der Waals surface area contributed by atoms with Crippen LogP contribution in [-0.4, -0.2) is 60.6 Å². The van der Waals surface area contributed by atoms with Crippen molar-refractivity contribution in [2.24, 2.45) is 0 Å². The van der Waals surface area contributed by atoms with Crippen LogP contribution in [0.5, 0.6) is 0 Å². The van der Waals surface area contributed by atoms with Gasteiger partial charge >= 0.3 is 6.03 Å². The van der Waals surface area contributed by atoms with Crippen molar-refractivity contribution in [3.05, 3.63) is 34.9 Å². The van der Waals surface area contributed by atoms with Gasteiger partial charge in [0.05, 0.1) is 13.2 Å². The normalized spacial score (nSPS) is 21.0. The number of likely N-dealkylation sites (tertiary alicyclic amines) is 1. The van der Waals surface area contributed by atoms with Gasteiger partial charge in [0.15, 0.2) is 0 Å². The Hall–Kier alpha value is -1.79. The van der Waals surface area contributed by atoms with Crippen molar-refractivity contribution < 1.29 is 14.3 Å². The largest absolute Gasteiger partial charge is 0.378 e. The first kappa shape index (κ1) is 17.0. The Morgan fingerprint density at radius 3 is 2.79 bits per heavy atom. The van der Waals surface area contributed by atoms with Crippen molar-refractivity contribution in [1.29, 1.82) is 0 Å². The molecule has 2 heterocycles. The molecule has 0 radical (unpaired) electrons. The minimum absolute atomic E-state index is 0.0358. The zero-order valence-electron chi connectivity index (χ0n) is 13.5. The highest BCUT2D eigenvalue weighted by molar-refractivity contribution is 6.30. The van der Waals surface area contributed by atoms with E-state index >= 15 is 0 Å². The van der Waals surface area contributed by atoms with Gasteiger partial charge in [0.25, 0.3) is 0 Å². The molecule has 1 N–H and O–H groups in total. The van der Waals surface area contributed by atoms with E-state index in [1.807, 2.05) is 18.2 Å². The number of nitrogens with one attached hydrogen (secondary N) is 1. The van der Waals surface area contributed by atoms with Crippen LogP contribution < -0.4 is 5.32 Å². The van der Waals surface area contributed by atoms with Gasteiger partial charge in [0.1, 0.15) is 6.04 Å². The van der Waals surface area contributed by atoms with Crippen LogP contribution in [0.1, 0.15) is 18.4 Å². The molecule has 1 aromatic carbocycles. The van der Waals surface area contributed by atoms with Crippen LogP contribution in [0.3, 0.4) is 0 Å². The highest BCUT2D eigenvalue weighted by Crippen LogP contribution is 2.20. The van der Waals surface area contributed by atoms with Crippen molar-refractivity contribution in [2.75, 3.05) is 32.8 Å². The number of benzene rings is 1. The molecular formula is C17H22ClN3O3. The predicted molar refractivity (Wildman–Crippen MR) is 90.8 cm³/mol. The second kappa shape index (κ2) is 7.85. The number of carbonyl (C=O) groups is 2. The Labute approximate surface area is 146 Å². The Morgan fingerprint density at radius 1 is 1.25 bits per heavy atom. The fourth-order valence-corrected chi connectivity index (χ4v) is 3.40. The Kier molecular flexibility index (Phi) is 5.58. The van der Waals surface area contributed by atoms with Gasteiger partial charge in [-0.3, -0.25) is 4.79 Å². The standard InChI is InChI=1S/C17H22ClN3O3/c18-14-4-1-3-13(11-14)12-19-17(23)21-6-2-5-15(21)16(22)20-7-9-24-10-8-20/h1,3-4,11,15H,2,5-10,12H2,(H,19,23)/t15-/m1/s1. The second-order valence-corrected chi connectivity index (χ2v) is 6.51. The van der Waals surface area contributed by atoms with Crippen LogP contribution in [0.2, 0.25) is 5.02 Å². The third-order valence-electron chi connectivity index (χ3n) is 4.45. The first-order valence-corrected chi connectivity index (χ1v) is 8.68. The topological polar surface area (TPSA) is 61.9 Å². The van der Waals surface area contributed by atoms with Gasteiger partial charge in [-0.1, -0.05) is 23.7 Å². The molecule has 2 aliphatic heterocycles. The summed E-state index contributed by atoms with van der Waals surface area (Å²) in [5.74, 6) is 0.0358. The smallest absolute Gasteiger partial charge is 0.318 e. The number of morpholine rings is 1. The zero-order chi connectivity index (χ0) is 16.9. The number of hydrogen-bond acceptors (Lipinski definition) is 3. The lowest BCUT2D eigenvalue weighted by Gasteiger charge is -2.32. The molecule has 0 aromatic heterocycles. The van der Waals surface area contributed by atoms with Crippen LogP contribution in [0, 0.1) is 0 Å². The maximum Gasteiger partial charge on any atom is 0.318 e. The molecule has 24 heavy (non-hydrogen) atoms. The van der Waals surface area contributed by atoms with E-state index in [0.717, 1.165) is 18.4 Å². The molecule has 3 rings (SSSR count). The van der Waals surface area contributed by atoms with Gasteiger partial charge in [0.2, 0.25) is 5.91 Å². The summed E-state index contributed by atoms with van der Waals surface area (Å²) in [7, 11) is 0. The molecule has 2 fully saturated rings. The number of nitrogens with zero attached hydrogens (tertiary/aromatic N) is 2. The lowest BCUT2D eigenvalue weighted by molar-refractivity contribution is -0.139. The molecule has 0 aliphatic carbocycles. The van der Waals surface area contributed by atoms with E-state index in [2.05, 4.69) is 5.32 Å². The van der Waals surface area contributed by atoms with Crippen molar-refractivity contribution >= 4 is 23.5 Å². The third-order valence-corrected chi connectivity index (χ3v) is 4.69. The molecule has 2 aliphatic rings. The van der Waals surface area contributed by atoms with Gasteiger partial charge in [-0.15, -0.1) is 0 Å². The highest BCUT2D eigenvalue weighted by Gasteiger charge is 2.36. The number of hydrogen-bond donors (Lipinski definition) is 1.